The van der Waals surface area contributed by atoms with Crippen LogP contribution in [0.5, 0.6) is 0 Å². The van der Waals surface area contributed by atoms with E-state index in [2.05, 4.69) is 22.1 Å². The van der Waals surface area contributed by atoms with Gasteiger partial charge in [0.2, 0.25) is 5.91 Å². The van der Waals surface area contributed by atoms with Gasteiger partial charge in [-0.25, -0.2) is 4.98 Å². The van der Waals surface area contributed by atoms with E-state index in [1.165, 1.54) is 0 Å². The maximum atomic E-state index is 12.3. The van der Waals surface area contributed by atoms with E-state index in [-0.39, 0.29) is 12.3 Å². The van der Waals surface area contributed by atoms with Crippen LogP contribution in [0.25, 0.3) is 0 Å². The van der Waals surface area contributed by atoms with Crippen molar-refractivity contribution in [3.05, 3.63) is 93.7 Å². The van der Waals surface area contributed by atoms with Gasteiger partial charge in [-0.2, -0.15) is 0 Å². The number of carbonyl (C=O) groups excluding carboxylic acids is 1. The predicted molar refractivity (Wildman–Crippen MR) is 105 cm³/mol. The zero-order valence-electron chi connectivity index (χ0n) is 13.7. The molecule has 3 aromatic rings. The molecule has 1 aromatic heterocycles. The summed E-state index contributed by atoms with van der Waals surface area (Å²) in [5.41, 5.74) is 2.88. The molecule has 2 aromatic carbocycles. The van der Waals surface area contributed by atoms with E-state index in [4.69, 9.17) is 23.2 Å². The Morgan fingerprint density at radius 2 is 1.88 bits per heavy atom. The Morgan fingerprint density at radius 1 is 1.00 bits per heavy atom. The second-order valence-electron chi connectivity index (χ2n) is 5.51. The third-order valence-electron chi connectivity index (χ3n) is 3.51. The Balaban J connectivity index is 1.68. The lowest BCUT2D eigenvalue weighted by Gasteiger charge is -2.07. The molecule has 0 saturated carbocycles. The van der Waals surface area contributed by atoms with Crippen molar-refractivity contribution in [1.29, 1.82) is 0 Å². The fourth-order valence-corrected chi connectivity index (χ4v) is 2.77. The van der Waals surface area contributed by atoms with Gasteiger partial charge in [-0.05, 0) is 53.9 Å². The average molecular weight is 381 g/mol. The van der Waals surface area contributed by atoms with Gasteiger partial charge in [0.15, 0.2) is 0 Å². The highest BCUT2D eigenvalue weighted by molar-refractivity contribution is 6.35. The lowest BCUT2D eigenvalue weighted by Crippen LogP contribution is -2.14. The zero-order chi connectivity index (χ0) is 18.4. The van der Waals surface area contributed by atoms with Crippen LogP contribution in [0.2, 0.25) is 10.0 Å². The highest BCUT2D eigenvalue weighted by Gasteiger charge is 2.08. The maximum absolute atomic E-state index is 12.3. The fraction of sp³-hybridized carbons (Fsp3) is 0.0476. The number of aromatic nitrogens is 1. The number of amides is 1. The molecule has 0 atom stereocenters. The molecule has 0 aliphatic heterocycles. The number of carbonyl (C=O) groups is 1. The molecule has 128 valence electrons. The molecule has 1 N–H and O–H groups in total. The van der Waals surface area contributed by atoms with Crippen molar-refractivity contribution in [2.75, 3.05) is 5.32 Å². The maximum Gasteiger partial charge on any atom is 0.228 e. The van der Waals surface area contributed by atoms with E-state index >= 15 is 0 Å². The average Bonchev–Trinajstić information content (AvgIpc) is 2.63. The minimum absolute atomic E-state index is 0.163. The van der Waals surface area contributed by atoms with Crippen LogP contribution in [-0.2, 0) is 11.2 Å². The molecule has 0 fully saturated rings. The zero-order valence-corrected chi connectivity index (χ0v) is 15.2. The molecule has 3 nitrogen and oxygen atoms in total. The van der Waals surface area contributed by atoms with Gasteiger partial charge in [-0.3, -0.25) is 4.79 Å². The number of anilines is 1. The monoisotopic (exact) mass is 380 g/mol. The van der Waals surface area contributed by atoms with Gasteiger partial charge in [-0.15, -0.1) is 0 Å². The highest BCUT2D eigenvalue weighted by atomic mass is 35.5. The van der Waals surface area contributed by atoms with Crippen molar-refractivity contribution in [1.82, 2.24) is 4.98 Å². The first-order chi connectivity index (χ1) is 12.6. The molecule has 3 rings (SSSR count). The summed E-state index contributed by atoms with van der Waals surface area (Å²) in [6, 6.07) is 18.0. The second kappa shape index (κ2) is 8.53. The molecule has 0 spiro atoms. The van der Waals surface area contributed by atoms with E-state index in [1.54, 1.807) is 24.4 Å². The number of hydrogen-bond donors (Lipinski definition) is 1. The molecule has 0 aliphatic rings. The number of benzene rings is 2. The molecule has 1 amide bonds. The minimum Gasteiger partial charge on any atom is -0.326 e. The second-order valence-corrected chi connectivity index (χ2v) is 6.35. The summed E-state index contributed by atoms with van der Waals surface area (Å²) < 4.78 is 0. The number of nitrogens with one attached hydrogen (secondary N) is 1. The van der Waals surface area contributed by atoms with Crippen molar-refractivity contribution in [2.45, 2.75) is 6.42 Å². The summed E-state index contributed by atoms with van der Waals surface area (Å²) in [6.45, 7) is 0. The van der Waals surface area contributed by atoms with Crippen LogP contribution in [0.15, 0.2) is 66.9 Å². The molecule has 0 radical (unpaired) electrons. The Kier molecular flexibility index (Phi) is 5.91. The summed E-state index contributed by atoms with van der Waals surface area (Å²) in [5.74, 6) is 5.87. The van der Waals surface area contributed by atoms with Crippen LogP contribution in [0.3, 0.4) is 0 Å². The van der Waals surface area contributed by atoms with Crippen molar-refractivity contribution < 1.29 is 4.79 Å². The van der Waals surface area contributed by atoms with E-state index < -0.39 is 0 Å². The van der Waals surface area contributed by atoms with Crippen molar-refractivity contribution in [2.24, 2.45) is 0 Å². The Morgan fingerprint density at radius 3 is 2.65 bits per heavy atom. The van der Waals surface area contributed by atoms with Gasteiger partial charge in [0.05, 0.1) is 6.42 Å². The number of halogens is 2. The van der Waals surface area contributed by atoms with E-state index in [0.717, 1.165) is 11.1 Å². The molecule has 0 aliphatic carbocycles. The summed E-state index contributed by atoms with van der Waals surface area (Å²) >= 11 is 12.0. The first-order valence-corrected chi connectivity index (χ1v) is 8.63. The Labute approximate surface area is 162 Å². The van der Waals surface area contributed by atoms with Crippen LogP contribution >= 0.6 is 23.2 Å². The van der Waals surface area contributed by atoms with Crippen LogP contribution in [-0.4, -0.2) is 10.9 Å². The van der Waals surface area contributed by atoms with Crippen LogP contribution in [0.1, 0.15) is 16.8 Å². The smallest absolute Gasteiger partial charge is 0.228 e. The Bertz CT molecular complexity index is 992. The molecule has 0 bridgehead atoms. The molecule has 26 heavy (non-hydrogen) atoms. The van der Waals surface area contributed by atoms with E-state index in [9.17, 15) is 4.79 Å². The van der Waals surface area contributed by atoms with Crippen LogP contribution in [0.4, 0.5) is 5.69 Å². The van der Waals surface area contributed by atoms with Gasteiger partial charge >= 0.3 is 0 Å². The van der Waals surface area contributed by atoms with Gasteiger partial charge < -0.3 is 5.32 Å². The Hall–Kier alpha value is -2.80. The van der Waals surface area contributed by atoms with Crippen molar-refractivity contribution >= 4 is 34.8 Å². The fourth-order valence-electron chi connectivity index (χ4n) is 2.29. The number of hydrogen-bond acceptors (Lipinski definition) is 2. The summed E-state index contributed by atoms with van der Waals surface area (Å²) in [6.07, 6.45) is 1.86. The highest BCUT2D eigenvalue weighted by Crippen LogP contribution is 2.21. The molecule has 1 heterocycles. The number of rotatable bonds is 3. The third kappa shape index (κ3) is 5.10. The van der Waals surface area contributed by atoms with Gasteiger partial charge in [0.25, 0.3) is 0 Å². The minimum atomic E-state index is -0.163. The number of nitrogens with zero attached hydrogens (tertiary/aromatic N) is 1. The molecule has 5 heteroatoms. The quantitative estimate of drug-likeness (QED) is 0.651. The lowest BCUT2D eigenvalue weighted by atomic mass is 10.1. The molecule has 0 unspecified atom stereocenters. The van der Waals surface area contributed by atoms with Crippen LogP contribution < -0.4 is 5.32 Å². The van der Waals surface area contributed by atoms with Gasteiger partial charge in [0.1, 0.15) is 5.69 Å². The summed E-state index contributed by atoms with van der Waals surface area (Å²) in [4.78, 5) is 16.4. The van der Waals surface area contributed by atoms with E-state index in [1.807, 2.05) is 42.5 Å². The predicted octanol–water partition coefficient (Wildman–Crippen LogP) is 4.97. The third-order valence-corrected chi connectivity index (χ3v) is 4.10. The first kappa shape index (κ1) is 18.0. The standard InChI is InChI=1S/C21H14Cl2N2O/c22-17-9-8-16(20(23)14-17)13-21(26)25-19-6-3-4-15(12-19)7-10-18-5-1-2-11-24-18/h1-6,8-9,11-12,14H,13H2,(H,25,26). The first-order valence-electron chi connectivity index (χ1n) is 7.87. The van der Waals surface area contributed by atoms with Crippen molar-refractivity contribution in [3.8, 4) is 11.8 Å². The largest absolute Gasteiger partial charge is 0.326 e. The SMILES string of the molecule is O=C(Cc1ccc(Cl)cc1Cl)Nc1cccc(C#Cc2ccccn2)c1. The topological polar surface area (TPSA) is 42.0 Å². The van der Waals surface area contributed by atoms with Gasteiger partial charge in [-0.1, -0.05) is 47.3 Å². The molecular formula is C21H14Cl2N2O. The lowest BCUT2D eigenvalue weighted by molar-refractivity contribution is -0.115. The normalized spacial score (nSPS) is 9.92. The van der Waals surface area contributed by atoms with Crippen molar-refractivity contribution in [3.63, 3.8) is 0 Å². The van der Waals surface area contributed by atoms with Crippen LogP contribution in [0, 0.1) is 11.8 Å². The number of pyridine rings is 1. The molecule has 0 saturated heterocycles. The summed E-state index contributed by atoms with van der Waals surface area (Å²) in [7, 11) is 0. The molecular weight excluding hydrogens is 367 g/mol. The summed E-state index contributed by atoms with van der Waals surface area (Å²) in [5, 5.41) is 3.87. The van der Waals surface area contributed by atoms with E-state index in [0.29, 0.717) is 21.4 Å². The van der Waals surface area contributed by atoms with Gasteiger partial charge in [0, 0.05) is 27.5 Å².